The first-order valence-corrected chi connectivity index (χ1v) is 8.72. The summed E-state index contributed by atoms with van der Waals surface area (Å²) < 4.78 is 28.3. The maximum atomic E-state index is 11.9. The van der Waals surface area contributed by atoms with E-state index in [4.69, 9.17) is 0 Å². The molecule has 1 N–H and O–H groups in total. The van der Waals surface area contributed by atoms with Gasteiger partial charge in [-0.2, -0.15) is 0 Å². The molecule has 0 saturated heterocycles. The van der Waals surface area contributed by atoms with Gasteiger partial charge in [-0.1, -0.05) is 0 Å². The van der Waals surface area contributed by atoms with Crippen molar-refractivity contribution < 1.29 is 22.7 Å². The first-order valence-electron chi connectivity index (χ1n) is 6.23. The molecule has 1 heterocycles. The summed E-state index contributed by atoms with van der Waals surface area (Å²) >= 11 is 1.12. The van der Waals surface area contributed by atoms with Gasteiger partial charge in [0.25, 0.3) is 0 Å². The van der Waals surface area contributed by atoms with E-state index in [0.717, 1.165) is 11.3 Å². The van der Waals surface area contributed by atoms with Crippen molar-refractivity contribution in [2.75, 3.05) is 12.4 Å². The summed E-state index contributed by atoms with van der Waals surface area (Å²) in [5, 5.41) is 2.51. The van der Waals surface area contributed by atoms with Gasteiger partial charge in [-0.05, 0) is 20.8 Å². The lowest BCUT2D eigenvalue weighted by molar-refractivity contribution is -0.139. The zero-order valence-corrected chi connectivity index (χ0v) is 13.9. The number of nitrogens with zero attached hydrogens (tertiary/aromatic N) is 1. The number of amides is 1. The van der Waals surface area contributed by atoms with Crippen LogP contribution in [0, 0.1) is 0 Å². The molecule has 0 spiro atoms. The zero-order chi connectivity index (χ0) is 16.2. The molecule has 9 heteroatoms. The van der Waals surface area contributed by atoms with Gasteiger partial charge < -0.3 is 10.1 Å². The lowest BCUT2D eigenvalue weighted by atomic mass is 10.3. The van der Waals surface area contributed by atoms with E-state index in [-0.39, 0.29) is 11.6 Å². The number of esters is 1. The van der Waals surface area contributed by atoms with Crippen LogP contribution in [0.15, 0.2) is 5.38 Å². The Morgan fingerprint density at radius 3 is 2.52 bits per heavy atom. The number of nitrogens with one attached hydrogen (secondary N) is 1. The van der Waals surface area contributed by atoms with Crippen LogP contribution >= 0.6 is 11.3 Å². The molecule has 0 aliphatic carbocycles. The van der Waals surface area contributed by atoms with E-state index in [1.807, 2.05) is 0 Å². The molecule has 1 rings (SSSR count). The standard InChI is InChI=1S/C12H18N2O5S2/c1-7(2)21(17,18)8(3)11(16)14-12-13-9(6-20-12)5-10(15)19-4/h6-8H,5H2,1-4H3,(H,13,14,16). The average Bonchev–Trinajstić information content (AvgIpc) is 2.84. The van der Waals surface area contributed by atoms with Crippen LogP contribution < -0.4 is 5.32 Å². The van der Waals surface area contributed by atoms with Crippen molar-refractivity contribution in [1.82, 2.24) is 4.98 Å². The summed E-state index contributed by atoms with van der Waals surface area (Å²) in [5.74, 6) is -1.07. The van der Waals surface area contributed by atoms with Crippen molar-refractivity contribution in [3.05, 3.63) is 11.1 Å². The molecule has 21 heavy (non-hydrogen) atoms. The number of methoxy groups -OCH3 is 1. The number of ether oxygens (including phenoxy) is 1. The maximum Gasteiger partial charge on any atom is 0.311 e. The summed E-state index contributed by atoms with van der Waals surface area (Å²) in [4.78, 5) is 27.1. The second-order valence-corrected chi connectivity index (χ2v) is 8.35. The molecule has 0 fully saturated rings. The van der Waals surface area contributed by atoms with Gasteiger partial charge >= 0.3 is 5.97 Å². The summed E-state index contributed by atoms with van der Waals surface area (Å²) in [5.41, 5.74) is 0.460. The number of sulfone groups is 1. The lowest BCUT2D eigenvalue weighted by Gasteiger charge is -2.14. The van der Waals surface area contributed by atoms with Crippen LogP contribution in [0.3, 0.4) is 0 Å². The Morgan fingerprint density at radius 2 is 2.00 bits per heavy atom. The Hall–Kier alpha value is -1.48. The van der Waals surface area contributed by atoms with Crippen molar-refractivity contribution in [2.45, 2.75) is 37.7 Å². The van der Waals surface area contributed by atoms with Gasteiger partial charge in [0, 0.05) is 5.38 Å². The molecule has 0 radical (unpaired) electrons. The Kier molecular flexibility index (Phi) is 5.85. The third-order valence-electron chi connectivity index (χ3n) is 2.85. The van der Waals surface area contributed by atoms with E-state index in [1.54, 1.807) is 5.38 Å². The van der Waals surface area contributed by atoms with Gasteiger partial charge in [0.15, 0.2) is 15.0 Å². The number of rotatable bonds is 6. The van der Waals surface area contributed by atoms with Crippen LogP contribution in [0.25, 0.3) is 0 Å². The molecule has 0 saturated carbocycles. The predicted octanol–water partition coefficient (Wildman–Crippen LogP) is 1.01. The summed E-state index contributed by atoms with van der Waals surface area (Å²) in [6, 6.07) is 0. The van der Waals surface area contributed by atoms with Gasteiger partial charge in [-0.3, -0.25) is 9.59 Å². The fraction of sp³-hybridized carbons (Fsp3) is 0.583. The molecule has 7 nitrogen and oxygen atoms in total. The van der Waals surface area contributed by atoms with Gasteiger partial charge in [0.2, 0.25) is 5.91 Å². The third kappa shape index (κ3) is 4.50. The Labute approximate surface area is 127 Å². The molecule has 1 amide bonds. The fourth-order valence-corrected chi connectivity index (χ4v) is 3.32. The predicted molar refractivity (Wildman–Crippen MR) is 80.0 cm³/mol. The van der Waals surface area contributed by atoms with Crippen LogP contribution in [0.1, 0.15) is 26.5 Å². The van der Waals surface area contributed by atoms with E-state index < -0.39 is 32.2 Å². The highest BCUT2D eigenvalue weighted by Gasteiger charge is 2.31. The van der Waals surface area contributed by atoms with Crippen molar-refractivity contribution in [3.63, 3.8) is 0 Å². The molecular weight excluding hydrogens is 316 g/mol. The highest BCUT2D eigenvalue weighted by molar-refractivity contribution is 7.93. The molecule has 1 unspecified atom stereocenters. The minimum absolute atomic E-state index is 0.00270. The lowest BCUT2D eigenvalue weighted by Crippen LogP contribution is -2.36. The van der Waals surface area contributed by atoms with E-state index in [0.29, 0.717) is 5.69 Å². The maximum absolute atomic E-state index is 11.9. The van der Waals surface area contributed by atoms with Crippen LogP contribution in [0.4, 0.5) is 5.13 Å². The van der Waals surface area contributed by atoms with Gasteiger partial charge in [-0.25, -0.2) is 13.4 Å². The quantitative estimate of drug-likeness (QED) is 0.779. The Morgan fingerprint density at radius 1 is 1.38 bits per heavy atom. The highest BCUT2D eigenvalue weighted by Crippen LogP contribution is 2.18. The molecule has 1 aromatic heterocycles. The van der Waals surface area contributed by atoms with Crippen molar-refractivity contribution in [1.29, 1.82) is 0 Å². The number of anilines is 1. The Bertz CT molecular complexity index is 621. The first kappa shape index (κ1) is 17.6. The number of carbonyl (C=O) groups excluding carboxylic acids is 2. The summed E-state index contributed by atoms with van der Waals surface area (Å²) in [6.07, 6.45) is 0.00270. The monoisotopic (exact) mass is 334 g/mol. The van der Waals surface area contributed by atoms with Crippen LogP contribution in [-0.2, 0) is 30.6 Å². The molecule has 0 aliphatic heterocycles. The SMILES string of the molecule is COC(=O)Cc1csc(NC(=O)C(C)S(=O)(=O)C(C)C)n1. The van der Waals surface area contributed by atoms with Crippen molar-refractivity contribution >= 4 is 38.2 Å². The van der Waals surface area contributed by atoms with Crippen LogP contribution in [-0.4, -0.2) is 42.9 Å². The Balaban J connectivity index is 2.74. The van der Waals surface area contributed by atoms with Gasteiger partial charge in [0.1, 0.15) is 5.25 Å². The minimum Gasteiger partial charge on any atom is -0.469 e. The number of hydrogen-bond acceptors (Lipinski definition) is 7. The summed E-state index contributed by atoms with van der Waals surface area (Å²) in [7, 11) is -2.25. The van der Waals surface area contributed by atoms with E-state index in [1.165, 1.54) is 27.9 Å². The molecule has 118 valence electrons. The first-order chi connectivity index (χ1) is 9.68. The van der Waals surface area contributed by atoms with E-state index in [2.05, 4.69) is 15.0 Å². The molecule has 1 atom stereocenters. The smallest absolute Gasteiger partial charge is 0.311 e. The summed E-state index contributed by atoms with van der Waals surface area (Å²) in [6.45, 7) is 4.39. The van der Waals surface area contributed by atoms with Crippen molar-refractivity contribution in [2.24, 2.45) is 0 Å². The largest absolute Gasteiger partial charge is 0.469 e. The second-order valence-electron chi connectivity index (χ2n) is 4.67. The van der Waals surface area contributed by atoms with Gasteiger partial charge in [0.05, 0.1) is 24.5 Å². The normalized spacial score (nSPS) is 13.0. The molecule has 1 aromatic rings. The number of carbonyl (C=O) groups is 2. The molecular formula is C12H18N2O5S2. The molecule has 0 aromatic carbocycles. The molecule has 0 aliphatic rings. The second kappa shape index (κ2) is 6.99. The highest BCUT2D eigenvalue weighted by atomic mass is 32.2. The number of aromatic nitrogens is 1. The fourth-order valence-electron chi connectivity index (χ4n) is 1.43. The van der Waals surface area contributed by atoms with Crippen LogP contribution in [0.2, 0.25) is 0 Å². The topological polar surface area (TPSA) is 102 Å². The van der Waals surface area contributed by atoms with Crippen molar-refractivity contribution in [3.8, 4) is 0 Å². The average molecular weight is 334 g/mol. The van der Waals surface area contributed by atoms with E-state index >= 15 is 0 Å². The minimum atomic E-state index is -3.52. The molecule has 0 bridgehead atoms. The third-order valence-corrected chi connectivity index (χ3v) is 6.17. The van der Waals surface area contributed by atoms with E-state index in [9.17, 15) is 18.0 Å². The number of thiazole rings is 1. The van der Waals surface area contributed by atoms with Gasteiger partial charge in [-0.15, -0.1) is 11.3 Å². The zero-order valence-electron chi connectivity index (χ0n) is 12.2. The number of hydrogen-bond donors (Lipinski definition) is 1. The van der Waals surface area contributed by atoms with Crippen LogP contribution in [0.5, 0.6) is 0 Å².